The second-order valence-corrected chi connectivity index (χ2v) is 4.23. The number of methoxy groups -OCH3 is 1. The lowest BCUT2D eigenvalue weighted by atomic mass is 10.3. The molecule has 0 aliphatic rings. The van der Waals surface area contributed by atoms with Gasteiger partial charge in [-0.3, -0.25) is 0 Å². The Morgan fingerprint density at radius 3 is 2.92 bits per heavy atom. The summed E-state index contributed by atoms with van der Waals surface area (Å²) in [6, 6.07) is 5.90. The van der Waals surface area contributed by atoms with Crippen LogP contribution in [-0.4, -0.2) is 13.9 Å². The molecule has 0 bridgehead atoms. The van der Waals surface area contributed by atoms with Crippen molar-refractivity contribution in [3.63, 3.8) is 0 Å². The standard InChI is InChI=1S/C8H8BrIO2/c1-11-5-12-8-4-6(10)2-3-7(8)9/h2-4H,5H2,1H3. The first kappa shape index (κ1) is 10.3. The van der Waals surface area contributed by atoms with Crippen LogP contribution in [0.4, 0.5) is 0 Å². The van der Waals surface area contributed by atoms with Crippen molar-refractivity contribution < 1.29 is 9.47 Å². The molecule has 0 saturated carbocycles. The van der Waals surface area contributed by atoms with Gasteiger partial charge >= 0.3 is 0 Å². The third-order valence-electron chi connectivity index (χ3n) is 1.23. The smallest absolute Gasteiger partial charge is 0.188 e. The molecule has 1 rings (SSSR count). The molecule has 1 aromatic rings. The third kappa shape index (κ3) is 2.91. The topological polar surface area (TPSA) is 18.5 Å². The second kappa shape index (κ2) is 5.04. The molecular weight excluding hydrogens is 335 g/mol. The van der Waals surface area contributed by atoms with Gasteiger partial charge in [-0.05, 0) is 56.7 Å². The predicted octanol–water partition coefficient (Wildman–Crippen LogP) is 3.04. The SMILES string of the molecule is COCOc1cc(I)ccc1Br. The Bertz CT molecular complexity index is 265. The maximum Gasteiger partial charge on any atom is 0.188 e. The van der Waals surface area contributed by atoms with Crippen LogP contribution in [0, 0.1) is 3.57 Å². The largest absolute Gasteiger partial charge is 0.466 e. The summed E-state index contributed by atoms with van der Waals surface area (Å²) >= 11 is 5.61. The van der Waals surface area contributed by atoms with Crippen LogP contribution in [-0.2, 0) is 4.74 Å². The highest BCUT2D eigenvalue weighted by molar-refractivity contribution is 14.1. The Hall–Kier alpha value is 0.190. The van der Waals surface area contributed by atoms with E-state index in [1.807, 2.05) is 18.2 Å². The van der Waals surface area contributed by atoms with Gasteiger partial charge in [0.15, 0.2) is 6.79 Å². The van der Waals surface area contributed by atoms with Crippen molar-refractivity contribution in [3.8, 4) is 5.75 Å². The van der Waals surface area contributed by atoms with Gasteiger partial charge in [-0.1, -0.05) is 0 Å². The molecule has 0 fully saturated rings. The Labute approximate surface area is 93.5 Å². The summed E-state index contributed by atoms with van der Waals surface area (Å²) in [7, 11) is 1.60. The van der Waals surface area contributed by atoms with Gasteiger partial charge in [0.1, 0.15) is 5.75 Å². The third-order valence-corrected chi connectivity index (χ3v) is 2.55. The average molecular weight is 343 g/mol. The minimum absolute atomic E-state index is 0.276. The van der Waals surface area contributed by atoms with Gasteiger partial charge in [0.25, 0.3) is 0 Å². The maximum absolute atomic E-state index is 5.29. The first-order chi connectivity index (χ1) is 5.74. The number of ether oxygens (including phenoxy) is 2. The maximum atomic E-state index is 5.29. The fourth-order valence-electron chi connectivity index (χ4n) is 0.710. The minimum Gasteiger partial charge on any atom is -0.466 e. The molecule has 0 unspecified atom stereocenters. The van der Waals surface area contributed by atoms with E-state index in [0.717, 1.165) is 13.8 Å². The minimum atomic E-state index is 0.276. The molecule has 0 heterocycles. The lowest BCUT2D eigenvalue weighted by Crippen LogP contribution is -1.99. The molecule has 0 radical (unpaired) electrons. The van der Waals surface area contributed by atoms with Gasteiger partial charge in [-0.2, -0.15) is 0 Å². The number of hydrogen-bond acceptors (Lipinski definition) is 2. The quantitative estimate of drug-likeness (QED) is 0.621. The van der Waals surface area contributed by atoms with Crippen LogP contribution in [0.1, 0.15) is 0 Å². The first-order valence-corrected chi connectivity index (χ1v) is 5.18. The Balaban J connectivity index is 2.75. The fraction of sp³-hybridized carbons (Fsp3) is 0.250. The Morgan fingerprint density at radius 2 is 2.25 bits per heavy atom. The summed E-state index contributed by atoms with van der Waals surface area (Å²) in [5, 5.41) is 0. The van der Waals surface area contributed by atoms with Crippen molar-refractivity contribution in [2.75, 3.05) is 13.9 Å². The highest BCUT2D eigenvalue weighted by atomic mass is 127. The highest BCUT2D eigenvalue weighted by Crippen LogP contribution is 2.26. The zero-order valence-electron chi connectivity index (χ0n) is 6.51. The molecule has 4 heteroatoms. The molecule has 0 aliphatic carbocycles. The number of halogens is 2. The van der Waals surface area contributed by atoms with Gasteiger partial charge in [0, 0.05) is 10.7 Å². The van der Waals surface area contributed by atoms with E-state index in [2.05, 4.69) is 38.5 Å². The summed E-state index contributed by atoms with van der Waals surface area (Å²) in [5.74, 6) is 0.809. The normalized spacial score (nSPS) is 9.92. The van der Waals surface area contributed by atoms with Crippen LogP contribution in [0.3, 0.4) is 0 Å². The van der Waals surface area contributed by atoms with Gasteiger partial charge < -0.3 is 9.47 Å². The molecule has 0 N–H and O–H groups in total. The molecule has 12 heavy (non-hydrogen) atoms. The zero-order valence-corrected chi connectivity index (χ0v) is 10.3. The van der Waals surface area contributed by atoms with Crippen LogP contribution in [0.5, 0.6) is 5.75 Å². The van der Waals surface area contributed by atoms with Crippen LogP contribution in [0.15, 0.2) is 22.7 Å². The highest BCUT2D eigenvalue weighted by Gasteiger charge is 2.00. The van der Waals surface area contributed by atoms with Crippen LogP contribution in [0.25, 0.3) is 0 Å². The van der Waals surface area contributed by atoms with Crippen molar-refractivity contribution in [2.24, 2.45) is 0 Å². The summed E-state index contributed by atoms with van der Waals surface area (Å²) in [6.07, 6.45) is 0. The van der Waals surface area contributed by atoms with E-state index in [-0.39, 0.29) is 6.79 Å². The molecule has 0 spiro atoms. The van der Waals surface area contributed by atoms with Gasteiger partial charge in [-0.15, -0.1) is 0 Å². The van der Waals surface area contributed by atoms with E-state index in [1.54, 1.807) is 7.11 Å². The molecule has 0 atom stereocenters. The van der Waals surface area contributed by atoms with E-state index in [9.17, 15) is 0 Å². The monoisotopic (exact) mass is 342 g/mol. The van der Waals surface area contributed by atoms with Gasteiger partial charge in [0.2, 0.25) is 0 Å². The summed E-state index contributed by atoms with van der Waals surface area (Å²) in [5.41, 5.74) is 0. The average Bonchev–Trinajstić information content (AvgIpc) is 2.07. The van der Waals surface area contributed by atoms with E-state index in [4.69, 9.17) is 9.47 Å². The van der Waals surface area contributed by atoms with Crippen molar-refractivity contribution >= 4 is 38.5 Å². The van der Waals surface area contributed by atoms with Gasteiger partial charge in [-0.25, -0.2) is 0 Å². The molecule has 0 saturated heterocycles. The van der Waals surface area contributed by atoms with Crippen LogP contribution in [0.2, 0.25) is 0 Å². The van der Waals surface area contributed by atoms with Crippen molar-refractivity contribution in [1.82, 2.24) is 0 Å². The Morgan fingerprint density at radius 1 is 1.50 bits per heavy atom. The van der Waals surface area contributed by atoms with E-state index >= 15 is 0 Å². The molecule has 66 valence electrons. The molecule has 1 aromatic carbocycles. The molecule has 0 aliphatic heterocycles. The summed E-state index contributed by atoms with van der Waals surface area (Å²) in [4.78, 5) is 0. The van der Waals surface area contributed by atoms with E-state index < -0.39 is 0 Å². The first-order valence-electron chi connectivity index (χ1n) is 3.31. The molecule has 0 aromatic heterocycles. The lowest BCUT2D eigenvalue weighted by molar-refractivity contribution is 0.0505. The van der Waals surface area contributed by atoms with Crippen LogP contribution < -0.4 is 4.74 Å². The van der Waals surface area contributed by atoms with Crippen molar-refractivity contribution in [2.45, 2.75) is 0 Å². The molecular formula is C8H8BrIO2. The fourth-order valence-corrected chi connectivity index (χ4v) is 1.53. The van der Waals surface area contributed by atoms with Crippen molar-refractivity contribution in [3.05, 3.63) is 26.2 Å². The number of rotatable bonds is 3. The van der Waals surface area contributed by atoms with Gasteiger partial charge in [0.05, 0.1) is 4.47 Å². The van der Waals surface area contributed by atoms with E-state index in [1.165, 1.54) is 0 Å². The van der Waals surface area contributed by atoms with Crippen LogP contribution >= 0.6 is 38.5 Å². The molecule has 2 nitrogen and oxygen atoms in total. The zero-order chi connectivity index (χ0) is 8.97. The molecule has 0 amide bonds. The summed E-state index contributed by atoms with van der Waals surface area (Å²) < 4.78 is 12.2. The number of benzene rings is 1. The van der Waals surface area contributed by atoms with E-state index in [0.29, 0.717) is 0 Å². The lowest BCUT2D eigenvalue weighted by Gasteiger charge is -2.06. The predicted molar refractivity (Wildman–Crippen MR) is 59.4 cm³/mol. The number of hydrogen-bond donors (Lipinski definition) is 0. The summed E-state index contributed by atoms with van der Waals surface area (Å²) in [6.45, 7) is 0.276. The Kier molecular flexibility index (Phi) is 4.31. The van der Waals surface area contributed by atoms with Crippen molar-refractivity contribution in [1.29, 1.82) is 0 Å². The second-order valence-electron chi connectivity index (χ2n) is 2.13.